The third-order valence-corrected chi connectivity index (χ3v) is 3.98. The predicted octanol–water partition coefficient (Wildman–Crippen LogP) is 3.44. The van der Waals surface area contributed by atoms with Crippen LogP contribution in [0.25, 0.3) is 0 Å². The van der Waals surface area contributed by atoms with Crippen molar-refractivity contribution in [2.24, 2.45) is 0 Å². The van der Waals surface area contributed by atoms with Crippen molar-refractivity contribution in [1.29, 1.82) is 0 Å². The molecule has 2 rings (SSSR count). The summed E-state index contributed by atoms with van der Waals surface area (Å²) in [6, 6.07) is 10.5. The molecule has 0 saturated carbocycles. The molecular weight excluding hydrogens is 316 g/mol. The van der Waals surface area contributed by atoms with Gasteiger partial charge in [-0.15, -0.1) is 0 Å². The van der Waals surface area contributed by atoms with Gasteiger partial charge in [-0.2, -0.15) is 0 Å². The molecule has 0 aromatic heterocycles. The minimum Gasteiger partial charge on any atom is -0.508 e. The first-order chi connectivity index (χ1) is 11.7. The number of rotatable bonds is 6. The van der Waals surface area contributed by atoms with Crippen molar-refractivity contribution < 1.29 is 15.3 Å². The Labute approximate surface area is 149 Å². The lowest BCUT2D eigenvalue weighted by atomic mass is 10.0. The molecule has 1 atom stereocenters. The molecule has 1 unspecified atom stereocenters. The minimum absolute atomic E-state index is 0.0737. The second-order valence-corrected chi connectivity index (χ2v) is 7.40. The monoisotopic (exact) mass is 344 g/mol. The molecule has 2 aromatic rings. The standard InChI is InChI=1S/C20H28N2O3/c1-13-9-14(5-7-17(13)23)11-21-16-10-15(6-8-18(16)24)19(25)12-22-20(2,3)4/h5-10,19,21-25H,11-12H2,1-4H3. The molecule has 0 radical (unpaired) electrons. The van der Waals surface area contributed by atoms with E-state index in [1.165, 1.54) is 0 Å². The summed E-state index contributed by atoms with van der Waals surface area (Å²) >= 11 is 0. The van der Waals surface area contributed by atoms with E-state index in [-0.39, 0.29) is 17.0 Å². The topological polar surface area (TPSA) is 84.8 Å². The minimum atomic E-state index is -0.656. The summed E-state index contributed by atoms with van der Waals surface area (Å²) in [6.45, 7) is 8.92. The van der Waals surface area contributed by atoms with Crippen molar-refractivity contribution in [2.45, 2.75) is 45.9 Å². The first-order valence-electron chi connectivity index (χ1n) is 8.44. The van der Waals surface area contributed by atoms with Crippen molar-refractivity contribution >= 4 is 5.69 Å². The Morgan fingerprint density at radius 1 is 1.00 bits per heavy atom. The van der Waals surface area contributed by atoms with E-state index in [9.17, 15) is 15.3 Å². The van der Waals surface area contributed by atoms with Gasteiger partial charge in [-0.05, 0) is 62.6 Å². The lowest BCUT2D eigenvalue weighted by molar-refractivity contribution is 0.163. The summed E-state index contributed by atoms with van der Waals surface area (Å²) in [6.07, 6.45) is -0.656. The second-order valence-electron chi connectivity index (χ2n) is 7.40. The first kappa shape index (κ1) is 19.1. The lowest BCUT2D eigenvalue weighted by Gasteiger charge is -2.23. The van der Waals surface area contributed by atoms with Crippen LogP contribution in [0.15, 0.2) is 36.4 Å². The Morgan fingerprint density at radius 2 is 1.68 bits per heavy atom. The Kier molecular flexibility index (Phi) is 5.93. The third-order valence-electron chi connectivity index (χ3n) is 3.98. The number of β-amino-alcohol motifs (C(OH)–C–C–N with tert-alkyl or cyclic N) is 1. The van der Waals surface area contributed by atoms with E-state index in [1.807, 2.05) is 39.8 Å². The van der Waals surface area contributed by atoms with Gasteiger partial charge in [0.25, 0.3) is 0 Å². The van der Waals surface area contributed by atoms with Crippen molar-refractivity contribution in [3.05, 3.63) is 53.1 Å². The fourth-order valence-electron chi connectivity index (χ4n) is 2.45. The predicted molar refractivity (Wildman–Crippen MR) is 101 cm³/mol. The molecule has 0 heterocycles. The SMILES string of the molecule is Cc1cc(CNc2cc(C(O)CNC(C)(C)C)ccc2O)ccc1O. The van der Waals surface area contributed by atoms with E-state index in [0.717, 1.165) is 16.7 Å². The van der Waals surface area contributed by atoms with E-state index in [2.05, 4.69) is 10.6 Å². The van der Waals surface area contributed by atoms with E-state index >= 15 is 0 Å². The van der Waals surface area contributed by atoms with Crippen molar-refractivity contribution in [1.82, 2.24) is 5.32 Å². The molecule has 5 nitrogen and oxygen atoms in total. The molecule has 0 bridgehead atoms. The van der Waals surface area contributed by atoms with Gasteiger partial charge in [-0.25, -0.2) is 0 Å². The number of aryl methyl sites for hydroxylation is 1. The largest absolute Gasteiger partial charge is 0.508 e. The number of aromatic hydroxyl groups is 2. The summed E-state index contributed by atoms with van der Waals surface area (Å²) in [5.41, 5.74) is 3.03. The van der Waals surface area contributed by atoms with Crippen LogP contribution < -0.4 is 10.6 Å². The van der Waals surface area contributed by atoms with Crippen LogP contribution in [0.4, 0.5) is 5.69 Å². The number of anilines is 1. The Morgan fingerprint density at radius 3 is 2.32 bits per heavy atom. The molecule has 0 amide bonds. The molecule has 0 aliphatic heterocycles. The van der Waals surface area contributed by atoms with Crippen LogP contribution in [0.3, 0.4) is 0 Å². The number of nitrogens with one attached hydrogen (secondary N) is 2. The summed E-state index contributed by atoms with van der Waals surface area (Å²) < 4.78 is 0. The van der Waals surface area contributed by atoms with Gasteiger partial charge in [0.15, 0.2) is 0 Å². The van der Waals surface area contributed by atoms with Crippen LogP contribution in [0, 0.1) is 6.92 Å². The summed E-state index contributed by atoms with van der Waals surface area (Å²) in [5, 5.41) is 36.4. The van der Waals surface area contributed by atoms with Crippen LogP contribution >= 0.6 is 0 Å². The maximum absolute atomic E-state index is 10.4. The molecule has 0 fully saturated rings. The van der Waals surface area contributed by atoms with Gasteiger partial charge < -0.3 is 26.0 Å². The first-order valence-corrected chi connectivity index (χ1v) is 8.44. The van der Waals surface area contributed by atoms with Gasteiger partial charge in [-0.3, -0.25) is 0 Å². The highest BCUT2D eigenvalue weighted by Gasteiger charge is 2.15. The maximum Gasteiger partial charge on any atom is 0.138 e. The molecule has 0 saturated heterocycles. The maximum atomic E-state index is 10.4. The zero-order valence-corrected chi connectivity index (χ0v) is 15.3. The molecular formula is C20H28N2O3. The number of phenols is 2. The zero-order chi connectivity index (χ0) is 18.6. The number of hydrogen-bond acceptors (Lipinski definition) is 5. The van der Waals surface area contributed by atoms with E-state index in [4.69, 9.17) is 0 Å². The highest BCUT2D eigenvalue weighted by molar-refractivity contribution is 5.58. The van der Waals surface area contributed by atoms with Gasteiger partial charge in [0.2, 0.25) is 0 Å². The van der Waals surface area contributed by atoms with Crippen LogP contribution in [0.1, 0.15) is 43.6 Å². The smallest absolute Gasteiger partial charge is 0.138 e. The fraction of sp³-hybridized carbons (Fsp3) is 0.400. The number of aliphatic hydroxyl groups excluding tert-OH is 1. The van der Waals surface area contributed by atoms with Gasteiger partial charge >= 0.3 is 0 Å². The molecule has 0 spiro atoms. The summed E-state index contributed by atoms with van der Waals surface area (Å²) in [7, 11) is 0. The van der Waals surface area contributed by atoms with Crippen molar-refractivity contribution in [3.63, 3.8) is 0 Å². The molecule has 5 heteroatoms. The van der Waals surface area contributed by atoms with Gasteiger partial charge in [-0.1, -0.05) is 18.2 Å². The quantitative estimate of drug-likeness (QED) is 0.518. The molecule has 5 N–H and O–H groups in total. The molecule has 2 aromatic carbocycles. The van der Waals surface area contributed by atoms with Gasteiger partial charge in [0, 0.05) is 18.6 Å². The number of hydrogen-bond donors (Lipinski definition) is 5. The zero-order valence-electron chi connectivity index (χ0n) is 15.3. The molecule has 25 heavy (non-hydrogen) atoms. The second kappa shape index (κ2) is 7.76. The van der Waals surface area contributed by atoms with Crippen LogP contribution in [-0.2, 0) is 6.54 Å². The normalized spacial score (nSPS) is 12.8. The number of phenolic OH excluding ortho intramolecular Hbond substituents is 2. The molecule has 0 aliphatic carbocycles. The Balaban J connectivity index is 2.06. The van der Waals surface area contributed by atoms with Gasteiger partial charge in [0.1, 0.15) is 11.5 Å². The van der Waals surface area contributed by atoms with Crippen molar-refractivity contribution in [3.8, 4) is 11.5 Å². The Hall–Kier alpha value is -2.24. The van der Waals surface area contributed by atoms with Crippen LogP contribution in [0.5, 0.6) is 11.5 Å². The summed E-state index contributed by atoms with van der Waals surface area (Å²) in [4.78, 5) is 0. The number of benzene rings is 2. The van der Waals surface area contributed by atoms with Crippen LogP contribution in [-0.4, -0.2) is 27.4 Å². The van der Waals surface area contributed by atoms with E-state index in [0.29, 0.717) is 18.8 Å². The fourth-order valence-corrected chi connectivity index (χ4v) is 2.45. The van der Waals surface area contributed by atoms with Crippen LogP contribution in [0.2, 0.25) is 0 Å². The third kappa shape index (κ3) is 5.66. The Bertz CT molecular complexity index is 723. The highest BCUT2D eigenvalue weighted by Crippen LogP contribution is 2.28. The van der Waals surface area contributed by atoms with Gasteiger partial charge in [0.05, 0.1) is 11.8 Å². The van der Waals surface area contributed by atoms with E-state index in [1.54, 1.807) is 24.3 Å². The average molecular weight is 344 g/mol. The number of aliphatic hydroxyl groups is 1. The lowest BCUT2D eigenvalue weighted by Crippen LogP contribution is -2.38. The van der Waals surface area contributed by atoms with E-state index < -0.39 is 6.10 Å². The van der Waals surface area contributed by atoms with Crippen molar-refractivity contribution in [2.75, 3.05) is 11.9 Å². The summed E-state index contributed by atoms with van der Waals surface area (Å²) in [5.74, 6) is 0.401. The average Bonchev–Trinajstić information content (AvgIpc) is 2.54. The molecule has 0 aliphatic rings. The molecule has 136 valence electrons. The highest BCUT2D eigenvalue weighted by atomic mass is 16.3.